The van der Waals surface area contributed by atoms with Gasteiger partial charge in [-0.3, -0.25) is 14.4 Å². The quantitative estimate of drug-likeness (QED) is 0.418. The van der Waals surface area contributed by atoms with E-state index in [1.54, 1.807) is 6.08 Å². The van der Waals surface area contributed by atoms with E-state index in [-0.39, 0.29) is 17.2 Å². The molecule has 0 radical (unpaired) electrons. The molecule has 3 heterocycles. The summed E-state index contributed by atoms with van der Waals surface area (Å²) in [6, 6.07) is 2.50. The van der Waals surface area contributed by atoms with Gasteiger partial charge in [-0.1, -0.05) is 13.8 Å². The second kappa shape index (κ2) is 10.2. The molecule has 3 amide bonds. The zero-order valence-corrected chi connectivity index (χ0v) is 21.0. The summed E-state index contributed by atoms with van der Waals surface area (Å²) in [5, 5.41) is 14.4. The Balaban J connectivity index is 1.61. The fourth-order valence-corrected chi connectivity index (χ4v) is 4.65. The number of carbonyl (C=O) groups excluding carboxylic acids is 3. The summed E-state index contributed by atoms with van der Waals surface area (Å²) < 4.78 is 14.7. The number of aliphatic hydroxyl groups is 1. The van der Waals surface area contributed by atoms with Crippen LogP contribution in [0.2, 0.25) is 0 Å². The topological polar surface area (TPSA) is 118 Å². The Labute approximate surface area is 209 Å². The van der Waals surface area contributed by atoms with Crippen LogP contribution < -0.4 is 10.6 Å². The van der Waals surface area contributed by atoms with Gasteiger partial charge in [-0.05, 0) is 50.7 Å². The van der Waals surface area contributed by atoms with Crippen molar-refractivity contribution in [2.45, 2.75) is 40.2 Å². The maximum atomic E-state index is 14.7. The Morgan fingerprint density at radius 3 is 2.69 bits per heavy atom. The molecule has 0 saturated carbocycles. The van der Waals surface area contributed by atoms with Crippen molar-refractivity contribution in [3.05, 3.63) is 46.0 Å². The standard InChI is InChI=1S/C26H32FN5O4/c1-5-31(6-2)9-10-32-8-7-19-23(26(32)36)14(3)20(28-19)12-17-16-11-18(27)22(30-24(34)15(4)33)13-21(16)29-25(17)35/h11-13,15,28,33H,5-10H2,1-4H3,(H,29,35)(H,30,34). The second-order valence-corrected chi connectivity index (χ2v) is 9.14. The Morgan fingerprint density at radius 1 is 1.31 bits per heavy atom. The number of aliphatic hydroxyl groups excluding tert-OH is 1. The van der Waals surface area contributed by atoms with E-state index in [9.17, 15) is 23.9 Å². The van der Waals surface area contributed by atoms with Crippen molar-refractivity contribution >= 4 is 40.7 Å². The maximum Gasteiger partial charge on any atom is 0.256 e. The summed E-state index contributed by atoms with van der Waals surface area (Å²) in [6.07, 6.45) is 1.02. The first-order valence-electron chi connectivity index (χ1n) is 12.2. The van der Waals surface area contributed by atoms with Gasteiger partial charge in [0.05, 0.1) is 22.5 Å². The molecule has 2 aliphatic rings. The number of carbonyl (C=O) groups is 3. The lowest BCUT2D eigenvalue weighted by molar-refractivity contribution is -0.123. The minimum absolute atomic E-state index is 0.0254. The van der Waals surface area contributed by atoms with E-state index in [1.807, 2.05) is 11.8 Å². The SMILES string of the molecule is CCN(CC)CCN1CCc2[nH]c(C=C3C(=O)Nc4cc(NC(=O)C(C)O)c(F)cc43)c(C)c2C1=O. The second-order valence-electron chi connectivity index (χ2n) is 9.14. The smallest absolute Gasteiger partial charge is 0.256 e. The lowest BCUT2D eigenvalue weighted by Crippen LogP contribution is -2.42. The van der Waals surface area contributed by atoms with Crippen molar-refractivity contribution < 1.29 is 23.9 Å². The first-order chi connectivity index (χ1) is 17.1. The molecule has 1 unspecified atom stereocenters. The third kappa shape index (κ3) is 4.78. The molecular weight excluding hydrogens is 465 g/mol. The number of aromatic amines is 1. The number of amides is 3. The molecule has 2 aromatic rings. The van der Waals surface area contributed by atoms with Gasteiger partial charge < -0.3 is 30.5 Å². The van der Waals surface area contributed by atoms with Gasteiger partial charge >= 0.3 is 0 Å². The summed E-state index contributed by atoms with van der Waals surface area (Å²) in [5.41, 5.74) is 3.67. The van der Waals surface area contributed by atoms with E-state index in [0.29, 0.717) is 42.0 Å². The number of hydrogen-bond acceptors (Lipinski definition) is 5. The van der Waals surface area contributed by atoms with Gasteiger partial charge in [0.2, 0.25) is 0 Å². The van der Waals surface area contributed by atoms with E-state index < -0.39 is 23.7 Å². The first-order valence-corrected chi connectivity index (χ1v) is 12.2. The molecule has 36 heavy (non-hydrogen) atoms. The normalized spacial score (nSPS) is 16.9. The van der Waals surface area contributed by atoms with E-state index in [4.69, 9.17) is 0 Å². The van der Waals surface area contributed by atoms with Crippen LogP contribution in [0, 0.1) is 12.7 Å². The third-order valence-corrected chi connectivity index (χ3v) is 6.90. The number of halogens is 1. The van der Waals surface area contributed by atoms with Crippen molar-refractivity contribution in [3.8, 4) is 0 Å². The zero-order chi connectivity index (χ0) is 26.1. The number of anilines is 2. The highest BCUT2D eigenvalue weighted by atomic mass is 19.1. The molecule has 1 aromatic heterocycles. The predicted molar refractivity (Wildman–Crippen MR) is 136 cm³/mol. The minimum Gasteiger partial charge on any atom is -0.384 e. The highest BCUT2D eigenvalue weighted by Gasteiger charge is 2.31. The molecule has 9 nitrogen and oxygen atoms in total. The number of nitrogens with zero attached hydrogens (tertiary/aromatic N) is 2. The van der Waals surface area contributed by atoms with Crippen LogP contribution in [0.3, 0.4) is 0 Å². The van der Waals surface area contributed by atoms with Gasteiger partial charge in [-0.25, -0.2) is 4.39 Å². The molecule has 0 fully saturated rings. The average Bonchev–Trinajstić information content (AvgIpc) is 3.32. The van der Waals surface area contributed by atoms with Crippen molar-refractivity contribution in [1.29, 1.82) is 0 Å². The van der Waals surface area contributed by atoms with E-state index >= 15 is 0 Å². The predicted octanol–water partition coefficient (Wildman–Crippen LogP) is 2.61. The van der Waals surface area contributed by atoms with Crippen molar-refractivity contribution in [1.82, 2.24) is 14.8 Å². The molecule has 0 bridgehead atoms. The van der Waals surface area contributed by atoms with Gasteiger partial charge in [0.15, 0.2) is 0 Å². The number of benzene rings is 1. The van der Waals surface area contributed by atoms with Crippen LogP contribution in [-0.4, -0.2) is 76.4 Å². The van der Waals surface area contributed by atoms with E-state index in [2.05, 4.69) is 34.4 Å². The number of nitrogens with one attached hydrogen (secondary N) is 3. The number of likely N-dealkylation sites (N-methyl/N-ethyl adjacent to an activating group) is 1. The van der Waals surface area contributed by atoms with Crippen molar-refractivity contribution in [3.63, 3.8) is 0 Å². The summed E-state index contributed by atoms with van der Waals surface area (Å²) in [4.78, 5) is 45.2. The fourth-order valence-electron chi connectivity index (χ4n) is 4.65. The molecule has 4 rings (SSSR count). The Kier molecular flexibility index (Phi) is 7.28. The van der Waals surface area contributed by atoms with Crippen LogP contribution in [0.5, 0.6) is 0 Å². The van der Waals surface area contributed by atoms with E-state index in [0.717, 1.165) is 30.9 Å². The van der Waals surface area contributed by atoms with Crippen molar-refractivity contribution in [2.24, 2.45) is 0 Å². The Morgan fingerprint density at radius 2 is 2.03 bits per heavy atom. The largest absolute Gasteiger partial charge is 0.384 e. The minimum atomic E-state index is -1.31. The van der Waals surface area contributed by atoms with Gasteiger partial charge in [0, 0.05) is 43.0 Å². The number of hydrogen-bond donors (Lipinski definition) is 4. The third-order valence-electron chi connectivity index (χ3n) is 6.90. The number of H-pyrrole nitrogens is 1. The molecule has 4 N–H and O–H groups in total. The number of fused-ring (bicyclic) bond motifs is 2. The van der Waals surface area contributed by atoms with Crippen LogP contribution in [0.15, 0.2) is 12.1 Å². The van der Waals surface area contributed by atoms with Crippen LogP contribution in [0.1, 0.15) is 53.6 Å². The van der Waals surface area contributed by atoms with Crippen LogP contribution >= 0.6 is 0 Å². The summed E-state index contributed by atoms with van der Waals surface area (Å²) >= 11 is 0. The molecule has 1 aromatic carbocycles. The summed E-state index contributed by atoms with van der Waals surface area (Å²) in [7, 11) is 0. The van der Waals surface area contributed by atoms with Crippen LogP contribution in [0.4, 0.5) is 15.8 Å². The number of aromatic nitrogens is 1. The van der Waals surface area contributed by atoms with Crippen LogP contribution in [0.25, 0.3) is 11.6 Å². The zero-order valence-electron chi connectivity index (χ0n) is 21.0. The first kappa shape index (κ1) is 25.6. The van der Waals surface area contributed by atoms with Gasteiger partial charge in [-0.15, -0.1) is 0 Å². The molecule has 0 spiro atoms. The highest BCUT2D eigenvalue weighted by Crippen LogP contribution is 2.37. The summed E-state index contributed by atoms with van der Waals surface area (Å²) in [6.45, 7) is 11.3. The number of rotatable bonds is 8. The summed E-state index contributed by atoms with van der Waals surface area (Å²) in [5.74, 6) is -1.92. The molecule has 2 aliphatic heterocycles. The van der Waals surface area contributed by atoms with Gasteiger partial charge in [0.1, 0.15) is 11.9 Å². The highest BCUT2D eigenvalue weighted by molar-refractivity contribution is 6.35. The fraction of sp³-hybridized carbons (Fsp3) is 0.423. The van der Waals surface area contributed by atoms with Gasteiger partial charge in [-0.2, -0.15) is 0 Å². The van der Waals surface area contributed by atoms with Crippen molar-refractivity contribution in [2.75, 3.05) is 43.4 Å². The lowest BCUT2D eigenvalue weighted by atomic mass is 10.0. The van der Waals surface area contributed by atoms with E-state index in [1.165, 1.54) is 19.1 Å². The average molecular weight is 498 g/mol. The molecule has 192 valence electrons. The molecule has 0 aliphatic carbocycles. The molecule has 1 atom stereocenters. The maximum absolute atomic E-state index is 14.7. The monoisotopic (exact) mass is 497 g/mol. The Hall–Kier alpha value is -3.50. The van der Waals surface area contributed by atoms with Gasteiger partial charge in [0.25, 0.3) is 17.7 Å². The lowest BCUT2D eigenvalue weighted by Gasteiger charge is -2.29. The molecule has 0 saturated heterocycles. The molecular formula is C26H32FN5O4. The molecule has 10 heteroatoms. The van der Waals surface area contributed by atoms with Crippen LogP contribution in [-0.2, 0) is 16.0 Å². The Bertz CT molecular complexity index is 1250.